The summed E-state index contributed by atoms with van der Waals surface area (Å²) >= 11 is 27.5. The molecular weight excluding hydrogens is 358 g/mol. The summed E-state index contributed by atoms with van der Waals surface area (Å²) in [5.74, 6) is 0. The molecule has 0 heterocycles. The molecule has 9 heteroatoms. The van der Waals surface area contributed by atoms with E-state index in [9.17, 15) is 18.3 Å². The Kier molecular flexibility index (Phi) is 4.97. The average molecular weight is 362 g/mol. The van der Waals surface area contributed by atoms with E-state index < -0.39 is 31.7 Å². The Bertz CT molecular complexity index is 431. The van der Waals surface area contributed by atoms with Gasteiger partial charge in [0.15, 0.2) is 0 Å². The van der Waals surface area contributed by atoms with Gasteiger partial charge in [-0.15, -0.1) is 0 Å². The molecule has 1 aromatic rings. The topological polar surface area (TPSA) is 20.2 Å². The van der Waals surface area contributed by atoms with E-state index in [2.05, 4.69) is 0 Å². The highest BCUT2D eigenvalue weighted by Gasteiger charge is 2.37. The third-order valence-corrected chi connectivity index (χ3v) is 3.24. The second-order valence-electron chi connectivity index (χ2n) is 3.30. The highest BCUT2D eigenvalue weighted by molar-refractivity contribution is 6.68. The second kappa shape index (κ2) is 5.43. The molecular formula is C9H4Cl5F3O. The van der Waals surface area contributed by atoms with Gasteiger partial charge in [0.05, 0.1) is 5.56 Å². The summed E-state index contributed by atoms with van der Waals surface area (Å²) in [6.45, 7) is 0. The van der Waals surface area contributed by atoms with E-state index >= 15 is 0 Å². The molecule has 1 nitrogen and oxygen atoms in total. The van der Waals surface area contributed by atoms with Crippen molar-refractivity contribution in [3.63, 3.8) is 0 Å². The molecule has 102 valence electrons. The first-order chi connectivity index (χ1) is 7.94. The van der Waals surface area contributed by atoms with Crippen LogP contribution < -0.4 is 0 Å². The van der Waals surface area contributed by atoms with Gasteiger partial charge in [-0.25, -0.2) is 0 Å². The summed E-state index contributed by atoms with van der Waals surface area (Å²) in [5, 5.41) is 8.79. The number of rotatable bonds is 1. The lowest BCUT2D eigenvalue weighted by atomic mass is 10.1. The number of aliphatic hydroxyl groups excluding tert-OH is 1. The number of alkyl halides is 6. The molecule has 0 aromatic heterocycles. The molecule has 0 aliphatic heterocycles. The molecule has 0 amide bonds. The molecule has 0 fully saturated rings. The molecule has 0 aliphatic carbocycles. The summed E-state index contributed by atoms with van der Waals surface area (Å²) in [6.07, 6.45) is -6.36. The fourth-order valence-electron chi connectivity index (χ4n) is 1.17. The maximum absolute atomic E-state index is 12.5. The van der Waals surface area contributed by atoms with Crippen molar-refractivity contribution in [1.82, 2.24) is 0 Å². The van der Waals surface area contributed by atoms with Crippen molar-refractivity contribution in [3.8, 4) is 0 Å². The van der Waals surface area contributed by atoms with Crippen LogP contribution in [0.3, 0.4) is 0 Å². The normalized spacial score (nSPS) is 14.7. The van der Waals surface area contributed by atoms with Crippen molar-refractivity contribution in [2.24, 2.45) is 0 Å². The standard InChI is InChI=1S/C9H4Cl5F3O/c10-4-1-3(9(15,16)17)2-5(11)6(4)7(18)8(12,13)14/h1-2,7,18H. The zero-order chi connectivity index (χ0) is 14.3. The van der Waals surface area contributed by atoms with E-state index in [1.54, 1.807) is 0 Å². The Morgan fingerprint density at radius 3 is 1.67 bits per heavy atom. The average Bonchev–Trinajstić information content (AvgIpc) is 2.13. The summed E-state index contributed by atoms with van der Waals surface area (Å²) < 4.78 is 35.2. The van der Waals surface area contributed by atoms with Gasteiger partial charge in [-0.3, -0.25) is 0 Å². The minimum absolute atomic E-state index is 0.272. The van der Waals surface area contributed by atoms with Crippen LogP contribution in [-0.2, 0) is 6.18 Å². The van der Waals surface area contributed by atoms with Gasteiger partial charge in [0.25, 0.3) is 0 Å². The van der Waals surface area contributed by atoms with Crippen LogP contribution >= 0.6 is 58.0 Å². The fourth-order valence-corrected chi connectivity index (χ4v) is 2.19. The van der Waals surface area contributed by atoms with E-state index in [0.717, 1.165) is 0 Å². The lowest BCUT2D eigenvalue weighted by Crippen LogP contribution is -2.18. The lowest BCUT2D eigenvalue weighted by molar-refractivity contribution is -0.137. The van der Waals surface area contributed by atoms with E-state index in [1.165, 1.54) is 0 Å². The monoisotopic (exact) mass is 360 g/mol. The summed E-state index contributed by atoms with van der Waals surface area (Å²) in [4.78, 5) is 0. The molecule has 0 aliphatic rings. The smallest absolute Gasteiger partial charge is 0.384 e. The number of hydrogen-bond donors (Lipinski definition) is 1. The predicted octanol–water partition coefficient (Wildman–Crippen LogP) is 5.42. The van der Waals surface area contributed by atoms with Crippen molar-refractivity contribution < 1.29 is 18.3 Å². The number of hydrogen-bond acceptors (Lipinski definition) is 1. The van der Waals surface area contributed by atoms with Crippen LogP contribution in [0.2, 0.25) is 10.0 Å². The Hall–Kier alpha value is 0.420. The van der Waals surface area contributed by atoms with E-state index in [4.69, 9.17) is 58.0 Å². The molecule has 0 radical (unpaired) electrons. The Labute approximate surface area is 125 Å². The van der Waals surface area contributed by atoms with Crippen molar-refractivity contribution in [1.29, 1.82) is 0 Å². The number of benzene rings is 1. The maximum atomic E-state index is 12.5. The first-order valence-corrected chi connectivity index (χ1v) is 6.14. The Morgan fingerprint density at radius 2 is 1.39 bits per heavy atom. The Morgan fingerprint density at radius 1 is 1.00 bits per heavy atom. The van der Waals surface area contributed by atoms with Crippen molar-refractivity contribution in [2.75, 3.05) is 0 Å². The Balaban J connectivity index is 3.34. The van der Waals surface area contributed by atoms with Crippen molar-refractivity contribution in [2.45, 2.75) is 16.1 Å². The minimum Gasteiger partial charge on any atom is -0.384 e. The predicted molar refractivity (Wildman–Crippen MR) is 66.7 cm³/mol. The van der Waals surface area contributed by atoms with Crippen LogP contribution in [-0.4, -0.2) is 8.90 Å². The molecule has 1 aromatic carbocycles. The third kappa shape index (κ3) is 3.71. The van der Waals surface area contributed by atoms with Crippen molar-refractivity contribution in [3.05, 3.63) is 33.3 Å². The van der Waals surface area contributed by atoms with Gasteiger partial charge in [0.2, 0.25) is 3.79 Å². The first kappa shape index (κ1) is 16.5. The SMILES string of the molecule is OC(c1c(Cl)cc(C(F)(F)F)cc1Cl)C(Cl)(Cl)Cl. The zero-order valence-electron chi connectivity index (χ0n) is 8.20. The van der Waals surface area contributed by atoms with Crippen LogP contribution in [0, 0.1) is 0 Å². The van der Waals surface area contributed by atoms with Crippen LogP contribution in [0.5, 0.6) is 0 Å². The highest BCUT2D eigenvalue weighted by atomic mass is 35.6. The van der Waals surface area contributed by atoms with Crippen LogP contribution in [0.25, 0.3) is 0 Å². The van der Waals surface area contributed by atoms with Crippen LogP contribution in [0.4, 0.5) is 13.2 Å². The van der Waals surface area contributed by atoms with Gasteiger partial charge in [0.1, 0.15) is 6.10 Å². The lowest BCUT2D eigenvalue weighted by Gasteiger charge is -2.22. The molecule has 1 N–H and O–H groups in total. The molecule has 0 spiro atoms. The summed E-state index contributed by atoms with van der Waals surface area (Å²) in [7, 11) is 0. The van der Waals surface area contributed by atoms with Gasteiger partial charge < -0.3 is 5.11 Å². The summed E-state index contributed by atoms with van der Waals surface area (Å²) in [6, 6.07) is 1.20. The van der Waals surface area contributed by atoms with Crippen molar-refractivity contribution >= 4 is 58.0 Å². The minimum atomic E-state index is -4.61. The van der Waals surface area contributed by atoms with Crippen LogP contribution in [0.15, 0.2) is 12.1 Å². The quantitative estimate of drug-likeness (QED) is 0.662. The largest absolute Gasteiger partial charge is 0.416 e. The second-order valence-corrected chi connectivity index (χ2v) is 6.48. The highest BCUT2D eigenvalue weighted by Crippen LogP contribution is 2.46. The van der Waals surface area contributed by atoms with Gasteiger partial charge in [0, 0.05) is 15.6 Å². The zero-order valence-corrected chi connectivity index (χ0v) is 12.0. The van der Waals surface area contributed by atoms with Gasteiger partial charge in [-0.05, 0) is 12.1 Å². The summed E-state index contributed by atoms with van der Waals surface area (Å²) in [5.41, 5.74) is -1.33. The fraction of sp³-hybridized carbons (Fsp3) is 0.333. The van der Waals surface area contributed by atoms with Gasteiger partial charge in [-0.2, -0.15) is 13.2 Å². The first-order valence-electron chi connectivity index (χ1n) is 4.25. The molecule has 18 heavy (non-hydrogen) atoms. The maximum Gasteiger partial charge on any atom is 0.416 e. The third-order valence-electron chi connectivity index (χ3n) is 1.99. The van der Waals surface area contributed by atoms with E-state index in [-0.39, 0.29) is 5.56 Å². The van der Waals surface area contributed by atoms with E-state index in [0.29, 0.717) is 12.1 Å². The number of aliphatic hydroxyl groups is 1. The molecule has 1 atom stereocenters. The van der Waals surface area contributed by atoms with E-state index in [1.807, 2.05) is 0 Å². The van der Waals surface area contributed by atoms with Crippen LogP contribution in [0.1, 0.15) is 17.2 Å². The van der Waals surface area contributed by atoms with Gasteiger partial charge in [-0.1, -0.05) is 58.0 Å². The molecule has 1 rings (SSSR count). The molecule has 0 saturated carbocycles. The molecule has 1 unspecified atom stereocenters. The molecule has 0 bridgehead atoms. The molecule has 0 saturated heterocycles. The number of halogens is 8. The van der Waals surface area contributed by atoms with Gasteiger partial charge >= 0.3 is 6.18 Å².